The van der Waals surface area contributed by atoms with Crippen molar-refractivity contribution in [2.75, 3.05) is 14.2 Å². The van der Waals surface area contributed by atoms with Crippen LogP contribution in [0.4, 0.5) is 0 Å². The summed E-state index contributed by atoms with van der Waals surface area (Å²) in [5.41, 5.74) is 1.10. The zero-order chi connectivity index (χ0) is 12.7. The molecule has 0 aliphatic carbocycles. The van der Waals surface area contributed by atoms with Crippen molar-refractivity contribution >= 4 is 0 Å². The Labute approximate surface area is 102 Å². The predicted octanol–water partition coefficient (Wildman–Crippen LogP) is 2.92. The third-order valence-electron chi connectivity index (χ3n) is 2.52. The van der Waals surface area contributed by atoms with Gasteiger partial charge in [0, 0.05) is 21.1 Å². The summed E-state index contributed by atoms with van der Waals surface area (Å²) in [5, 5.41) is 0. The van der Waals surface area contributed by atoms with Crippen LogP contribution in [0.5, 0.6) is 5.75 Å². The van der Waals surface area contributed by atoms with Gasteiger partial charge in [-0.1, -0.05) is 31.5 Å². The largest absolute Gasteiger partial charge is 0.332 e. The van der Waals surface area contributed by atoms with Crippen LogP contribution < -0.4 is 4.89 Å². The molecule has 4 heteroatoms. The van der Waals surface area contributed by atoms with E-state index < -0.39 is 5.97 Å². The summed E-state index contributed by atoms with van der Waals surface area (Å²) in [6, 6.07) is 7.74. The molecule has 1 aromatic carbocycles. The Morgan fingerprint density at radius 1 is 1.12 bits per heavy atom. The SMILES string of the molecule is CCCc1ccccc1OOC(C)(OC)OC. The molecule has 0 amide bonds. The second kappa shape index (κ2) is 6.59. The molecule has 0 atom stereocenters. The van der Waals surface area contributed by atoms with Gasteiger partial charge in [0.15, 0.2) is 5.75 Å². The number of benzene rings is 1. The van der Waals surface area contributed by atoms with Gasteiger partial charge in [-0.2, -0.15) is 0 Å². The van der Waals surface area contributed by atoms with Crippen molar-refractivity contribution in [1.29, 1.82) is 0 Å². The van der Waals surface area contributed by atoms with Crippen molar-refractivity contribution in [1.82, 2.24) is 0 Å². The summed E-state index contributed by atoms with van der Waals surface area (Å²) in [7, 11) is 2.98. The van der Waals surface area contributed by atoms with Gasteiger partial charge in [0.1, 0.15) is 0 Å². The minimum absolute atomic E-state index is 0.690. The summed E-state index contributed by atoms with van der Waals surface area (Å²) in [6.07, 6.45) is 1.99. The zero-order valence-corrected chi connectivity index (χ0v) is 10.9. The van der Waals surface area contributed by atoms with Crippen LogP contribution in [0.1, 0.15) is 25.8 Å². The molecule has 0 spiro atoms. The maximum absolute atomic E-state index is 5.29. The highest BCUT2D eigenvalue weighted by molar-refractivity contribution is 5.32. The second-order valence-electron chi connectivity index (χ2n) is 3.80. The highest BCUT2D eigenvalue weighted by atomic mass is 17.3. The molecular formula is C13H20O4. The Kier molecular flexibility index (Phi) is 5.41. The van der Waals surface area contributed by atoms with Crippen LogP contribution in [-0.2, 0) is 20.8 Å². The normalized spacial score (nSPS) is 11.5. The van der Waals surface area contributed by atoms with Gasteiger partial charge in [0.2, 0.25) is 0 Å². The van der Waals surface area contributed by atoms with Gasteiger partial charge in [0.25, 0.3) is 0 Å². The van der Waals surface area contributed by atoms with Gasteiger partial charge in [-0.25, -0.2) is 0 Å². The molecule has 96 valence electrons. The van der Waals surface area contributed by atoms with Crippen molar-refractivity contribution in [2.24, 2.45) is 0 Å². The van der Waals surface area contributed by atoms with Gasteiger partial charge in [-0.05, 0) is 18.1 Å². The van der Waals surface area contributed by atoms with Crippen LogP contribution >= 0.6 is 0 Å². The topological polar surface area (TPSA) is 36.9 Å². The molecule has 0 heterocycles. The van der Waals surface area contributed by atoms with Crippen molar-refractivity contribution in [3.63, 3.8) is 0 Å². The van der Waals surface area contributed by atoms with Crippen molar-refractivity contribution in [3.8, 4) is 5.75 Å². The maximum atomic E-state index is 5.29. The fraction of sp³-hybridized carbons (Fsp3) is 0.538. The van der Waals surface area contributed by atoms with E-state index in [1.165, 1.54) is 14.2 Å². The first-order valence-electron chi connectivity index (χ1n) is 5.69. The number of aryl methyl sites for hydroxylation is 1. The minimum Gasteiger partial charge on any atom is -0.332 e. The molecule has 0 bridgehead atoms. The van der Waals surface area contributed by atoms with E-state index in [9.17, 15) is 0 Å². The summed E-state index contributed by atoms with van der Waals surface area (Å²) in [5.74, 6) is -0.506. The first kappa shape index (κ1) is 14.0. The molecule has 17 heavy (non-hydrogen) atoms. The first-order valence-corrected chi connectivity index (χ1v) is 5.69. The van der Waals surface area contributed by atoms with Crippen molar-refractivity contribution in [3.05, 3.63) is 29.8 Å². The fourth-order valence-electron chi connectivity index (χ4n) is 1.33. The number of rotatable bonds is 7. The van der Waals surface area contributed by atoms with E-state index in [4.69, 9.17) is 19.2 Å². The molecule has 1 aromatic rings. The third kappa shape index (κ3) is 4.00. The van der Waals surface area contributed by atoms with Crippen LogP contribution in [0.3, 0.4) is 0 Å². The second-order valence-corrected chi connectivity index (χ2v) is 3.80. The smallest absolute Gasteiger partial charge is 0.319 e. The molecule has 0 N–H and O–H groups in total. The summed E-state index contributed by atoms with van der Waals surface area (Å²) < 4.78 is 10.1. The zero-order valence-electron chi connectivity index (χ0n) is 10.9. The lowest BCUT2D eigenvalue weighted by atomic mass is 10.1. The Balaban J connectivity index is 2.68. The molecule has 0 aliphatic heterocycles. The molecule has 0 saturated carbocycles. The number of hydrogen-bond acceptors (Lipinski definition) is 4. The Hall–Kier alpha value is -1.10. The van der Waals surface area contributed by atoms with Crippen LogP contribution in [0, 0.1) is 0 Å². The van der Waals surface area contributed by atoms with Crippen LogP contribution in [0.2, 0.25) is 0 Å². The average Bonchev–Trinajstić information content (AvgIpc) is 2.38. The van der Waals surface area contributed by atoms with Crippen molar-refractivity contribution in [2.45, 2.75) is 32.7 Å². The van der Waals surface area contributed by atoms with Gasteiger partial charge >= 0.3 is 5.97 Å². The summed E-state index contributed by atoms with van der Waals surface area (Å²) in [4.78, 5) is 10.4. The number of para-hydroxylation sites is 1. The van der Waals surface area contributed by atoms with E-state index in [2.05, 4.69) is 6.92 Å². The fourth-order valence-corrected chi connectivity index (χ4v) is 1.33. The number of methoxy groups -OCH3 is 2. The maximum Gasteiger partial charge on any atom is 0.319 e. The molecule has 0 aliphatic rings. The predicted molar refractivity (Wildman–Crippen MR) is 64.6 cm³/mol. The summed E-state index contributed by atoms with van der Waals surface area (Å²) >= 11 is 0. The molecule has 0 unspecified atom stereocenters. The Bertz CT molecular complexity index is 334. The van der Waals surface area contributed by atoms with Gasteiger partial charge in [-0.3, -0.25) is 0 Å². The standard InChI is InChI=1S/C13H20O4/c1-5-8-11-9-6-7-10-12(11)16-17-13(2,14-3)15-4/h6-7,9-10H,5,8H2,1-4H3. The Morgan fingerprint density at radius 2 is 1.76 bits per heavy atom. The lowest BCUT2D eigenvalue weighted by molar-refractivity contribution is -0.455. The monoisotopic (exact) mass is 240 g/mol. The van der Waals surface area contributed by atoms with E-state index in [0.717, 1.165) is 18.4 Å². The van der Waals surface area contributed by atoms with E-state index in [-0.39, 0.29) is 0 Å². The van der Waals surface area contributed by atoms with Gasteiger partial charge in [-0.15, -0.1) is 4.89 Å². The number of hydrogen-bond donors (Lipinski definition) is 0. The molecule has 1 rings (SSSR count). The molecule has 0 aromatic heterocycles. The molecule has 0 radical (unpaired) electrons. The van der Waals surface area contributed by atoms with E-state index in [0.29, 0.717) is 5.75 Å². The van der Waals surface area contributed by atoms with Crippen molar-refractivity contribution < 1.29 is 19.2 Å². The Morgan fingerprint density at radius 3 is 2.35 bits per heavy atom. The minimum atomic E-state index is -1.20. The molecule has 4 nitrogen and oxygen atoms in total. The summed E-state index contributed by atoms with van der Waals surface area (Å²) in [6.45, 7) is 3.75. The average molecular weight is 240 g/mol. The lowest BCUT2D eigenvalue weighted by Gasteiger charge is -2.24. The number of ether oxygens (including phenoxy) is 2. The highest BCUT2D eigenvalue weighted by Gasteiger charge is 2.26. The van der Waals surface area contributed by atoms with E-state index in [1.807, 2.05) is 24.3 Å². The molecular weight excluding hydrogens is 220 g/mol. The van der Waals surface area contributed by atoms with Gasteiger partial charge < -0.3 is 14.4 Å². The lowest BCUT2D eigenvalue weighted by Crippen LogP contribution is -2.34. The van der Waals surface area contributed by atoms with Crippen LogP contribution in [0.25, 0.3) is 0 Å². The highest BCUT2D eigenvalue weighted by Crippen LogP contribution is 2.22. The third-order valence-corrected chi connectivity index (χ3v) is 2.52. The van der Waals surface area contributed by atoms with E-state index in [1.54, 1.807) is 6.92 Å². The molecule has 0 saturated heterocycles. The van der Waals surface area contributed by atoms with E-state index >= 15 is 0 Å². The van der Waals surface area contributed by atoms with Crippen LogP contribution in [-0.4, -0.2) is 20.2 Å². The first-order chi connectivity index (χ1) is 8.15. The van der Waals surface area contributed by atoms with Crippen LogP contribution in [0.15, 0.2) is 24.3 Å². The van der Waals surface area contributed by atoms with Gasteiger partial charge in [0.05, 0.1) is 0 Å². The molecule has 0 fully saturated rings. The quantitative estimate of drug-likeness (QED) is 0.417.